The van der Waals surface area contributed by atoms with E-state index in [0.29, 0.717) is 0 Å². The molecule has 24 heavy (non-hydrogen) atoms. The first kappa shape index (κ1) is 22.0. The number of thioether (sulfide) groups is 1. The third kappa shape index (κ3) is 8.36. The second-order valence-corrected chi connectivity index (χ2v) is 12.4. The van der Waals surface area contributed by atoms with Crippen LogP contribution in [0.2, 0.25) is 0 Å². The molecular formula is C21H30IPS. The molecule has 0 saturated carbocycles. The number of hydrogen-bond acceptors (Lipinski definition) is 1. The molecule has 0 amide bonds. The molecule has 2 aromatic carbocycles. The van der Waals surface area contributed by atoms with Gasteiger partial charge < -0.3 is 24.0 Å². The summed E-state index contributed by atoms with van der Waals surface area (Å²) in [7, 11) is -0.851. The summed E-state index contributed by atoms with van der Waals surface area (Å²) in [6.45, 7) is 4.88. The van der Waals surface area contributed by atoms with Crippen LogP contribution >= 0.6 is 19.0 Å². The van der Waals surface area contributed by atoms with Gasteiger partial charge in [-0.1, -0.05) is 67.6 Å². The molecule has 2 rings (SSSR count). The predicted octanol–water partition coefficient (Wildman–Crippen LogP) is 2.88. The summed E-state index contributed by atoms with van der Waals surface area (Å²) < 4.78 is 0. The van der Waals surface area contributed by atoms with Crippen molar-refractivity contribution in [2.75, 3.05) is 36.7 Å². The van der Waals surface area contributed by atoms with Gasteiger partial charge in [0.2, 0.25) is 0 Å². The minimum absolute atomic E-state index is 0. The fraction of sp³-hybridized carbons (Fsp3) is 0.429. The Morgan fingerprint density at radius 3 is 1.62 bits per heavy atom. The molecule has 0 spiro atoms. The molecule has 0 aliphatic heterocycles. The lowest BCUT2D eigenvalue weighted by atomic mass is 10.2. The summed E-state index contributed by atoms with van der Waals surface area (Å²) in [5, 5.41) is 0. The lowest BCUT2D eigenvalue weighted by Gasteiger charge is -2.23. The van der Waals surface area contributed by atoms with Crippen LogP contribution in [0.1, 0.15) is 18.1 Å². The molecule has 0 aromatic heterocycles. The highest BCUT2D eigenvalue weighted by Crippen LogP contribution is 2.56. The predicted molar refractivity (Wildman–Crippen MR) is 111 cm³/mol. The van der Waals surface area contributed by atoms with Crippen LogP contribution in [-0.2, 0) is 12.8 Å². The van der Waals surface area contributed by atoms with Crippen molar-refractivity contribution in [3.05, 3.63) is 71.8 Å². The molecule has 0 nitrogen and oxygen atoms in total. The number of aryl methyl sites for hydroxylation is 2. The summed E-state index contributed by atoms with van der Waals surface area (Å²) in [5.41, 5.74) is 3.00. The van der Waals surface area contributed by atoms with Gasteiger partial charge in [0.15, 0.2) is 0 Å². The number of benzene rings is 2. The molecule has 0 atom stereocenters. The van der Waals surface area contributed by atoms with Gasteiger partial charge in [-0.05, 0) is 16.9 Å². The van der Waals surface area contributed by atoms with Crippen molar-refractivity contribution in [2.24, 2.45) is 0 Å². The van der Waals surface area contributed by atoms with Gasteiger partial charge in [-0.2, -0.15) is 11.8 Å². The van der Waals surface area contributed by atoms with Gasteiger partial charge in [-0.25, -0.2) is 0 Å². The maximum Gasteiger partial charge on any atom is 0.0682 e. The zero-order valence-electron chi connectivity index (χ0n) is 15.0. The Balaban J connectivity index is 0.00000288. The Bertz CT molecular complexity index is 501. The molecule has 0 fully saturated rings. The molecule has 0 aliphatic carbocycles. The van der Waals surface area contributed by atoms with Gasteiger partial charge in [-0.3, -0.25) is 0 Å². The molecule has 0 aliphatic rings. The van der Waals surface area contributed by atoms with Crippen LogP contribution in [0.3, 0.4) is 0 Å². The molecule has 132 valence electrons. The molecule has 0 saturated heterocycles. The monoisotopic (exact) mass is 472 g/mol. The zero-order valence-corrected chi connectivity index (χ0v) is 18.8. The second kappa shape index (κ2) is 12.3. The summed E-state index contributed by atoms with van der Waals surface area (Å²) in [6.07, 6.45) is 6.72. The van der Waals surface area contributed by atoms with Crippen LogP contribution in [0, 0.1) is 0 Å². The SMILES string of the molecule is CCSCC[P+](C)(CCc1ccccc1)CCc1ccccc1.[I-]. The van der Waals surface area contributed by atoms with Crippen LogP contribution in [0.15, 0.2) is 60.7 Å². The molecular weight excluding hydrogens is 442 g/mol. The maximum atomic E-state index is 2.61. The Kier molecular flexibility index (Phi) is 11.3. The average molecular weight is 472 g/mol. The van der Waals surface area contributed by atoms with Gasteiger partial charge in [-0.15, -0.1) is 0 Å². The minimum Gasteiger partial charge on any atom is -1.00 e. The highest BCUT2D eigenvalue weighted by atomic mass is 127. The van der Waals surface area contributed by atoms with Crippen LogP contribution in [0.5, 0.6) is 0 Å². The zero-order chi connectivity index (χ0) is 16.4. The fourth-order valence-corrected chi connectivity index (χ4v) is 7.69. The molecule has 0 bridgehead atoms. The van der Waals surface area contributed by atoms with Crippen LogP contribution in [-0.4, -0.2) is 36.7 Å². The van der Waals surface area contributed by atoms with E-state index < -0.39 is 7.26 Å². The van der Waals surface area contributed by atoms with E-state index in [0.717, 1.165) is 0 Å². The Morgan fingerprint density at radius 1 is 0.750 bits per heavy atom. The molecule has 0 N–H and O–H groups in total. The van der Waals surface area contributed by atoms with Crippen molar-refractivity contribution in [1.82, 2.24) is 0 Å². The van der Waals surface area contributed by atoms with Crippen molar-refractivity contribution in [1.29, 1.82) is 0 Å². The Morgan fingerprint density at radius 2 is 1.21 bits per heavy atom. The van der Waals surface area contributed by atoms with Gasteiger partial charge in [0.05, 0.1) is 18.5 Å². The standard InChI is InChI=1S/C21H30PS.HI/c1-3-23-19-18-22(2,16-14-20-10-6-4-7-11-20)17-15-21-12-8-5-9-13-21;/h4-13H,3,14-19H2,1-2H3;1H/q+1;/p-1. The molecule has 3 heteroatoms. The van der Waals surface area contributed by atoms with Crippen molar-refractivity contribution in [2.45, 2.75) is 19.8 Å². The molecule has 0 unspecified atom stereocenters. The fourth-order valence-electron chi connectivity index (χ4n) is 2.85. The van der Waals surface area contributed by atoms with Gasteiger partial charge in [0.1, 0.15) is 0 Å². The average Bonchev–Trinajstić information content (AvgIpc) is 2.61. The highest BCUT2D eigenvalue weighted by Gasteiger charge is 2.30. The van der Waals surface area contributed by atoms with E-state index in [1.165, 1.54) is 54.0 Å². The van der Waals surface area contributed by atoms with Crippen LogP contribution in [0.4, 0.5) is 0 Å². The van der Waals surface area contributed by atoms with Crippen molar-refractivity contribution in [3.8, 4) is 0 Å². The second-order valence-electron chi connectivity index (χ2n) is 6.46. The lowest BCUT2D eigenvalue weighted by Crippen LogP contribution is -3.00. The van der Waals surface area contributed by atoms with Crippen LogP contribution in [0.25, 0.3) is 0 Å². The lowest BCUT2D eigenvalue weighted by molar-refractivity contribution is -0.00000481. The third-order valence-corrected chi connectivity index (χ3v) is 9.66. The van der Waals surface area contributed by atoms with E-state index in [9.17, 15) is 0 Å². The highest BCUT2D eigenvalue weighted by molar-refractivity contribution is 7.99. The Hall–Kier alpha value is -0.0500. The molecule has 0 radical (unpaired) electrons. The van der Waals surface area contributed by atoms with Gasteiger partial charge in [0, 0.05) is 32.5 Å². The smallest absolute Gasteiger partial charge is 0.0682 e. The first-order valence-electron chi connectivity index (χ1n) is 8.71. The molecule has 2 aromatic rings. The topological polar surface area (TPSA) is 0 Å². The summed E-state index contributed by atoms with van der Waals surface area (Å²) in [5.74, 6) is 2.59. The largest absolute Gasteiger partial charge is 1.00 e. The van der Waals surface area contributed by atoms with E-state index in [2.05, 4.69) is 86.0 Å². The Labute approximate surface area is 170 Å². The van der Waals surface area contributed by atoms with Gasteiger partial charge >= 0.3 is 0 Å². The van der Waals surface area contributed by atoms with E-state index in [-0.39, 0.29) is 24.0 Å². The van der Waals surface area contributed by atoms with Gasteiger partial charge in [0.25, 0.3) is 0 Å². The van der Waals surface area contributed by atoms with Crippen LogP contribution < -0.4 is 24.0 Å². The molecule has 0 heterocycles. The van der Waals surface area contributed by atoms with E-state index in [4.69, 9.17) is 0 Å². The maximum absolute atomic E-state index is 2.61. The summed E-state index contributed by atoms with van der Waals surface area (Å²) >= 11 is 2.11. The summed E-state index contributed by atoms with van der Waals surface area (Å²) in [6, 6.07) is 22.0. The number of halogens is 1. The van der Waals surface area contributed by atoms with E-state index in [1.807, 2.05) is 0 Å². The normalized spacial score (nSPS) is 11.1. The van der Waals surface area contributed by atoms with Crippen molar-refractivity contribution >= 4 is 19.0 Å². The number of rotatable bonds is 10. The summed E-state index contributed by atoms with van der Waals surface area (Å²) in [4.78, 5) is 0. The van der Waals surface area contributed by atoms with E-state index >= 15 is 0 Å². The number of hydrogen-bond donors (Lipinski definition) is 0. The van der Waals surface area contributed by atoms with Crippen molar-refractivity contribution < 1.29 is 24.0 Å². The first-order valence-corrected chi connectivity index (χ1v) is 12.7. The van der Waals surface area contributed by atoms with Crippen molar-refractivity contribution in [3.63, 3.8) is 0 Å². The first-order chi connectivity index (χ1) is 11.2. The minimum atomic E-state index is -0.851. The third-order valence-electron chi connectivity index (χ3n) is 4.55. The quantitative estimate of drug-likeness (QED) is 0.291. The van der Waals surface area contributed by atoms with E-state index in [1.54, 1.807) is 0 Å².